The van der Waals surface area contributed by atoms with E-state index in [1.807, 2.05) is 17.3 Å². The van der Waals surface area contributed by atoms with E-state index in [1.54, 1.807) is 0 Å². The van der Waals surface area contributed by atoms with Crippen LogP contribution in [0, 0.1) is 0 Å². The van der Waals surface area contributed by atoms with Crippen LogP contribution in [0.15, 0.2) is 29.0 Å². The molecular formula is C9H12N2. The van der Waals surface area contributed by atoms with E-state index < -0.39 is 0 Å². The second-order valence-electron chi connectivity index (χ2n) is 3.19. The molecule has 2 aliphatic rings. The highest BCUT2D eigenvalue weighted by Crippen LogP contribution is 2.24. The molecule has 0 aromatic rings. The standard InChI is InChI=1S/C9H12N2/c1-7-4-3-5-11-9(7)6-8(2)10-11/h3-5,9H,6H2,1-2H3. The molecule has 2 aliphatic heterocycles. The zero-order valence-electron chi connectivity index (χ0n) is 6.91. The summed E-state index contributed by atoms with van der Waals surface area (Å²) < 4.78 is 0. The average molecular weight is 148 g/mol. The topological polar surface area (TPSA) is 15.6 Å². The molecule has 2 nitrogen and oxygen atoms in total. The molecule has 1 atom stereocenters. The van der Waals surface area contributed by atoms with E-state index >= 15 is 0 Å². The molecule has 2 heterocycles. The van der Waals surface area contributed by atoms with Crippen molar-refractivity contribution >= 4 is 5.71 Å². The number of hydrazone groups is 1. The predicted molar refractivity (Wildman–Crippen MR) is 46.3 cm³/mol. The van der Waals surface area contributed by atoms with Crippen molar-refractivity contribution in [3.63, 3.8) is 0 Å². The van der Waals surface area contributed by atoms with Crippen molar-refractivity contribution in [2.24, 2.45) is 5.10 Å². The van der Waals surface area contributed by atoms with E-state index in [4.69, 9.17) is 0 Å². The minimum Gasteiger partial charge on any atom is -0.265 e. The largest absolute Gasteiger partial charge is 0.265 e. The van der Waals surface area contributed by atoms with E-state index in [1.165, 1.54) is 11.3 Å². The fourth-order valence-electron chi connectivity index (χ4n) is 1.58. The van der Waals surface area contributed by atoms with Crippen LogP contribution in [0.25, 0.3) is 0 Å². The van der Waals surface area contributed by atoms with Crippen LogP contribution < -0.4 is 0 Å². The van der Waals surface area contributed by atoms with Gasteiger partial charge in [-0.3, -0.25) is 5.01 Å². The summed E-state index contributed by atoms with van der Waals surface area (Å²) in [6.45, 7) is 4.24. The molecule has 2 heteroatoms. The van der Waals surface area contributed by atoms with Gasteiger partial charge in [0.1, 0.15) is 0 Å². The number of rotatable bonds is 0. The van der Waals surface area contributed by atoms with Gasteiger partial charge in [-0.25, -0.2) is 0 Å². The van der Waals surface area contributed by atoms with Gasteiger partial charge in [-0.2, -0.15) is 5.10 Å². The molecule has 0 bridgehead atoms. The number of hydrogen-bond acceptors (Lipinski definition) is 2. The maximum Gasteiger partial charge on any atom is 0.0781 e. The Kier molecular flexibility index (Phi) is 1.34. The molecular weight excluding hydrogens is 136 g/mol. The molecule has 0 aliphatic carbocycles. The van der Waals surface area contributed by atoms with Gasteiger partial charge in [0.2, 0.25) is 0 Å². The van der Waals surface area contributed by atoms with E-state index in [0.29, 0.717) is 6.04 Å². The van der Waals surface area contributed by atoms with E-state index in [0.717, 1.165) is 6.42 Å². The molecule has 0 spiro atoms. The molecule has 1 unspecified atom stereocenters. The number of allylic oxidation sites excluding steroid dienone is 2. The third kappa shape index (κ3) is 0.985. The van der Waals surface area contributed by atoms with Gasteiger partial charge >= 0.3 is 0 Å². The van der Waals surface area contributed by atoms with Crippen molar-refractivity contribution in [1.82, 2.24) is 5.01 Å². The van der Waals surface area contributed by atoms with Crippen LogP contribution in [0.2, 0.25) is 0 Å². The van der Waals surface area contributed by atoms with Crippen molar-refractivity contribution in [3.8, 4) is 0 Å². The molecule has 0 saturated carbocycles. The van der Waals surface area contributed by atoms with Crippen LogP contribution in [0.4, 0.5) is 0 Å². The quantitative estimate of drug-likeness (QED) is 0.512. The Morgan fingerprint density at radius 2 is 2.36 bits per heavy atom. The van der Waals surface area contributed by atoms with Gasteiger partial charge < -0.3 is 0 Å². The van der Waals surface area contributed by atoms with Crippen LogP contribution in [0.3, 0.4) is 0 Å². The molecule has 0 fully saturated rings. The molecule has 2 rings (SSSR count). The summed E-state index contributed by atoms with van der Waals surface area (Å²) >= 11 is 0. The SMILES string of the molecule is CC1=CC=CN2N=C(C)CC12. The smallest absolute Gasteiger partial charge is 0.0781 e. The first-order valence-electron chi connectivity index (χ1n) is 3.95. The van der Waals surface area contributed by atoms with E-state index in [-0.39, 0.29) is 0 Å². The van der Waals surface area contributed by atoms with E-state index in [2.05, 4.69) is 25.0 Å². The van der Waals surface area contributed by atoms with Crippen molar-refractivity contribution in [1.29, 1.82) is 0 Å². The van der Waals surface area contributed by atoms with Crippen LogP contribution in [-0.4, -0.2) is 16.8 Å². The highest BCUT2D eigenvalue weighted by atomic mass is 15.5. The number of nitrogens with zero attached hydrogens (tertiary/aromatic N) is 2. The molecule has 0 radical (unpaired) electrons. The zero-order valence-corrected chi connectivity index (χ0v) is 6.91. The Balaban J connectivity index is 2.28. The third-order valence-corrected chi connectivity index (χ3v) is 2.22. The first kappa shape index (κ1) is 6.65. The second-order valence-corrected chi connectivity index (χ2v) is 3.19. The van der Waals surface area contributed by atoms with Crippen molar-refractivity contribution in [2.45, 2.75) is 26.3 Å². The third-order valence-electron chi connectivity index (χ3n) is 2.22. The Morgan fingerprint density at radius 1 is 1.55 bits per heavy atom. The van der Waals surface area contributed by atoms with Gasteiger partial charge in [0.15, 0.2) is 0 Å². The van der Waals surface area contributed by atoms with Gasteiger partial charge in [0.25, 0.3) is 0 Å². The maximum atomic E-state index is 4.38. The highest BCUT2D eigenvalue weighted by Gasteiger charge is 2.25. The van der Waals surface area contributed by atoms with Gasteiger partial charge in [-0.15, -0.1) is 0 Å². The molecule has 0 aromatic carbocycles. The van der Waals surface area contributed by atoms with Crippen molar-refractivity contribution in [2.75, 3.05) is 0 Å². The predicted octanol–water partition coefficient (Wildman–Crippen LogP) is 1.91. The minimum absolute atomic E-state index is 0.514. The summed E-state index contributed by atoms with van der Waals surface area (Å²) in [6.07, 6.45) is 7.34. The Labute approximate surface area is 66.9 Å². The highest BCUT2D eigenvalue weighted by molar-refractivity contribution is 5.84. The van der Waals surface area contributed by atoms with E-state index in [9.17, 15) is 0 Å². The summed E-state index contributed by atoms with van der Waals surface area (Å²) in [5.41, 5.74) is 2.64. The fourth-order valence-corrected chi connectivity index (χ4v) is 1.58. The molecule has 0 aromatic heterocycles. The van der Waals surface area contributed by atoms with Crippen molar-refractivity contribution < 1.29 is 0 Å². The van der Waals surface area contributed by atoms with Gasteiger partial charge in [-0.1, -0.05) is 6.08 Å². The normalized spacial score (nSPS) is 28.2. The van der Waals surface area contributed by atoms with Crippen LogP contribution in [-0.2, 0) is 0 Å². The lowest BCUT2D eigenvalue weighted by atomic mass is 10.0. The zero-order chi connectivity index (χ0) is 7.84. The number of fused-ring (bicyclic) bond motifs is 1. The second kappa shape index (κ2) is 2.22. The minimum atomic E-state index is 0.514. The molecule has 0 amide bonds. The molecule has 11 heavy (non-hydrogen) atoms. The number of hydrogen-bond donors (Lipinski definition) is 0. The first-order chi connectivity index (χ1) is 5.27. The summed E-state index contributed by atoms with van der Waals surface area (Å²) in [4.78, 5) is 0. The fraction of sp³-hybridized carbons (Fsp3) is 0.444. The van der Waals surface area contributed by atoms with Crippen LogP contribution in [0.1, 0.15) is 20.3 Å². The lowest BCUT2D eigenvalue weighted by Gasteiger charge is -2.22. The molecule has 0 saturated heterocycles. The summed E-state index contributed by atoms with van der Waals surface area (Å²) in [5, 5.41) is 6.43. The summed E-state index contributed by atoms with van der Waals surface area (Å²) in [5.74, 6) is 0. The average Bonchev–Trinajstić information content (AvgIpc) is 2.31. The van der Waals surface area contributed by atoms with Crippen molar-refractivity contribution in [3.05, 3.63) is 23.9 Å². The summed E-state index contributed by atoms with van der Waals surface area (Å²) in [6, 6.07) is 0.514. The van der Waals surface area contributed by atoms with Crippen LogP contribution >= 0.6 is 0 Å². The Hall–Kier alpha value is -1.05. The maximum absolute atomic E-state index is 4.38. The van der Waals surface area contributed by atoms with Gasteiger partial charge in [0, 0.05) is 18.3 Å². The molecule has 58 valence electrons. The van der Waals surface area contributed by atoms with Crippen LogP contribution in [0.5, 0.6) is 0 Å². The first-order valence-corrected chi connectivity index (χ1v) is 3.95. The van der Waals surface area contributed by atoms with Gasteiger partial charge in [0.05, 0.1) is 6.04 Å². The lowest BCUT2D eigenvalue weighted by Crippen LogP contribution is -2.24. The Morgan fingerprint density at radius 3 is 3.09 bits per heavy atom. The monoisotopic (exact) mass is 148 g/mol. The lowest BCUT2D eigenvalue weighted by molar-refractivity contribution is 0.353. The Bertz CT molecular complexity index is 261. The summed E-state index contributed by atoms with van der Waals surface area (Å²) in [7, 11) is 0. The molecule has 0 N–H and O–H groups in total. The van der Waals surface area contributed by atoms with Gasteiger partial charge in [-0.05, 0) is 25.5 Å².